The van der Waals surface area contributed by atoms with Gasteiger partial charge in [0.1, 0.15) is 5.82 Å². The average Bonchev–Trinajstić information content (AvgIpc) is 3.33. The maximum absolute atomic E-state index is 13.6. The maximum Gasteiger partial charge on any atom is 0.240 e. The van der Waals surface area contributed by atoms with E-state index in [-0.39, 0.29) is 29.1 Å². The van der Waals surface area contributed by atoms with Crippen LogP contribution in [0.4, 0.5) is 10.1 Å². The van der Waals surface area contributed by atoms with Crippen LogP contribution >= 0.6 is 11.8 Å². The summed E-state index contributed by atoms with van der Waals surface area (Å²) in [6.45, 7) is 6.02. The van der Waals surface area contributed by atoms with Gasteiger partial charge < -0.3 is 4.90 Å². The van der Waals surface area contributed by atoms with Crippen molar-refractivity contribution in [1.29, 1.82) is 0 Å². The van der Waals surface area contributed by atoms with Crippen LogP contribution in [0, 0.1) is 5.82 Å². The number of benzene rings is 2. The number of rotatable bonds is 6. The number of halogens is 1. The van der Waals surface area contributed by atoms with Gasteiger partial charge >= 0.3 is 0 Å². The van der Waals surface area contributed by atoms with E-state index >= 15 is 0 Å². The molecule has 1 amide bonds. The van der Waals surface area contributed by atoms with E-state index in [9.17, 15) is 9.18 Å². The highest BCUT2D eigenvalue weighted by molar-refractivity contribution is 8.00. The molecule has 168 valence electrons. The Bertz CT molecular complexity index is 1110. The lowest BCUT2D eigenvalue weighted by Gasteiger charge is -2.26. The standard InChI is InChI=1S/C24H28FN5OS/c1-15-14-18-8-6-7-9-21(18)29(15)23(31)17(3)32-24-27-26-22(16(2)28(4)5)30(24)20-12-10-19(25)11-13-20/h6-13,15-17H,14H2,1-5H3/t15-,16-,17+/m0/s1. The van der Waals surface area contributed by atoms with Gasteiger partial charge in [0, 0.05) is 17.4 Å². The monoisotopic (exact) mass is 453 g/mol. The first-order valence-corrected chi connectivity index (χ1v) is 11.6. The molecule has 6 nitrogen and oxygen atoms in total. The number of para-hydroxylation sites is 1. The predicted octanol–water partition coefficient (Wildman–Crippen LogP) is 4.49. The van der Waals surface area contributed by atoms with Gasteiger partial charge in [-0.3, -0.25) is 14.3 Å². The van der Waals surface area contributed by atoms with Crippen molar-refractivity contribution in [2.75, 3.05) is 19.0 Å². The van der Waals surface area contributed by atoms with Gasteiger partial charge in [0.15, 0.2) is 11.0 Å². The normalized spacial score (nSPS) is 17.5. The quantitative estimate of drug-likeness (QED) is 0.515. The summed E-state index contributed by atoms with van der Waals surface area (Å²) >= 11 is 1.38. The molecule has 0 unspecified atom stereocenters. The van der Waals surface area contributed by atoms with Crippen LogP contribution in [-0.2, 0) is 11.2 Å². The summed E-state index contributed by atoms with van der Waals surface area (Å²) in [5.41, 5.74) is 2.95. The van der Waals surface area contributed by atoms with Crippen LogP contribution in [0.25, 0.3) is 5.69 Å². The second-order valence-corrected chi connectivity index (χ2v) is 9.75. The molecule has 0 spiro atoms. The lowest BCUT2D eigenvalue weighted by atomic mass is 10.1. The minimum absolute atomic E-state index is 0.0154. The number of nitrogens with zero attached hydrogens (tertiary/aromatic N) is 5. The van der Waals surface area contributed by atoms with E-state index in [0.717, 1.165) is 23.6 Å². The molecule has 1 aliphatic rings. The molecule has 0 aliphatic carbocycles. The summed E-state index contributed by atoms with van der Waals surface area (Å²) < 4.78 is 15.5. The number of hydrogen-bond acceptors (Lipinski definition) is 5. The fourth-order valence-corrected chi connectivity index (χ4v) is 4.92. The van der Waals surface area contributed by atoms with Crippen LogP contribution in [0.5, 0.6) is 0 Å². The van der Waals surface area contributed by atoms with Crippen molar-refractivity contribution in [3.05, 3.63) is 65.7 Å². The second kappa shape index (κ2) is 9.03. The third-order valence-corrected chi connectivity index (χ3v) is 7.00. The van der Waals surface area contributed by atoms with Crippen molar-refractivity contribution < 1.29 is 9.18 Å². The number of carbonyl (C=O) groups is 1. The van der Waals surface area contributed by atoms with Crippen LogP contribution in [0.15, 0.2) is 53.7 Å². The first-order chi connectivity index (χ1) is 15.3. The topological polar surface area (TPSA) is 54.3 Å². The van der Waals surface area contributed by atoms with Gasteiger partial charge in [-0.1, -0.05) is 30.0 Å². The van der Waals surface area contributed by atoms with Crippen LogP contribution in [0.3, 0.4) is 0 Å². The molecule has 0 fully saturated rings. The van der Waals surface area contributed by atoms with Crippen molar-refractivity contribution in [1.82, 2.24) is 19.7 Å². The van der Waals surface area contributed by atoms with E-state index in [1.54, 1.807) is 12.1 Å². The number of aromatic nitrogens is 3. The Morgan fingerprint density at radius 1 is 1.12 bits per heavy atom. The number of thioether (sulfide) groups is 1. The van der Waals surface area contributed by atoms with E-state index < -0.39 is 0 Å². The molecule has 2 heterocycles. The smallest absolute Gasteiger partial charge is 0.240 e. The molecule has 0 N–H and O–H groups in total. The predicted molar refractivity (Wildman–Crippen MR) is 126 cm³/mol. The van der Waals surface area contributed by atoms with E-state index in [4.69, 9.17) is 0 Å². The molecule has 1 aliphatic heterocycles. The van der Waals surface area contributed by atoms with E-state index in [1.165, 1.54) is 29.5 Å². The van der Waals surface area contributed by atoms with Crippen molar-refractivity contribution >= 4 is 23.4 Å². The second-order valence-electron chi connectivity index (χ2n) is 8.44. The zero-order chi connectivity index (χ0) is 23.0. The highest BCUT2D eigenvalue weighted by Crippen LogP contribution is 2.35. The van der Waals surface area contributed by atoms with E-state index in [0.29, 0.717) is 5.16 Å². The van der Waals surface area contributed by atoms with Crippen LogP contribution in [0.2, 0.25) is 0 Å². The highest BCUT2D eigenvalue weighted by Gasteiger charge is 2.34. The van der Waals surface area contributed by atoms with Crippen LogP contribution in [0.1, 0.15) is 38.2 Å². The summed E-state index contributed by atoms with van der Waals surface area (Å²) in [5.74, 6) is 0.482. The zero-order valence-electron chi connectivity index (χ0n) is 19.0. The minimum atomic E-state index is -0.366. The Morgan fingerprint density at radius 2 is 1.81 bits per heavy atom. The summed E-state index contributed by atoms with van der Waals surface area (Å²) in [6, 6.07) is 14.4. The molecule has 8 heteroatoms. The Balaban J connectivity index is 1.65. The average molecular weight is 454 g/mol. The van der Waals surface area contributed by atoms with Gasteiger partial charge in [-0.05, 0) is 77.2 Å². The number of hydrogen-bond donors (Lipinski definition) is 0. The van der Waals surface area contributed by atoms with Gasteiger partial charge in [0.05, 0.1) is 11.3 Å². The number of anilines is 1. The summed E-state index contributed by atoms with van der Waals surface area (Å²) in [7, 11) is 3.94. The third-order valence-electron chi connectivity index (χ3n) is 5.97. The third kappa shape index (κ3) is 4.17. The Labute approximate surface area is 192 Å². The molecule has 0 radical (unpaired) electrons. The van der Waals surface area contributed by atoms with Crippen molar-refractivity contribution in [3.63, 3.8) is 0 Å². The van der Waals surface area contributed by atoms with Gasteiger partial charge in [-0.15, -0.1) is 10.2 Å². The molecule has 0 saturated carbocycles. The van der Waals surface area contributed by atoms with Crippen molar-refractivity contribution in [2.24, 2.45) is 0 Å². The molecule has 4 rings (SSSR count). The first kappa shape index (κ1) is 22.5. The Kier molecular flexibility index (Phi) is 6.35. The SMILES string of the molecule is C[C@@H](Sc1nnc([C@H](C)N(C)C)n1-c1ccc(F)cc1)C(=O)N1c2ccccc2C[C@@H]1C. The molecule has 0 saturated heterocycles. The Hall–Kier alpha value is -2.71. The summed E-state index contributed by atoms with van der Waals surface area (Å²) in [5, 5.41) is 9.09. The summed E-state index contributed by atoms with van der Waals surface area (Å²) in [4.78, 5) is 17.4. The molecule has 1 aromatic heterocycles. The van der Waals surface area contributed by atoms with Crippen molar-refractivity contribution in [3.8, 4) is 5.69 Å². The summed E-state index contributed by atoms with van der Waals surface area (Å²) in [6.07, 6.45) is 0.857. The van der Waals surface area contributed by atoms with E-state index in [2.05, 4.69) is 23.2 Å². The number of fused-ring (bicyclic) bond motifs is 1. The van der Waals surface area contributed by atoms with E-state index in [1.807, 2.05) is 60.5 Å². The zero-order valence-corrected chi connectivity index (χ0v) is 19.8. The lowest BCUT2D eigenvalue weighted by Crippen LogP contribution is -2.40. The molecule has 3 atom stereocenters. The number of carbonyl (C=O) groups excluding carboxylic acids is 1. The van der Waals surface area contributed by atoms with Gasteiger partial charge in [-0.25, -0.2) is 4.39 Å². The molecule has 32 heavy (non-hydrogen) atoms. The first-order valence-electron chi connectivity index (χ1n) is 10.7. The molecular formula is C24H28FN5OS. The van der Waals surface area contributed by atoms with Gasteiger partial charge in [0.25, 0.3) is 0 Å². The molecular weight excluding hydrogens is 425 g/mol. The highest BCUT2D eigenvalue weighted by atomic mass is 32.2. The molecule has 2 aromatic carbocycles. The van der Waals surface area contributed by atoms with Crippen LogP contribution < -0.4 is 4.90 Å². The molecule has 3 aromatic rings. The minimum Gasteiger partial charge on any atom is -0.308 e. The Morgan fingerprint density at radius 3 is 2.50 bits per heavy atom. The maximum atomic E-state index is 13.6. The number of amides is 1. The lowest BCUT2D eigenvalue weighted by molar-refractivity contribution is -0.118. The van der Waals surface area contributed by atoms with Crippen LogP contribution in [-0.4, -0.2) is 51.0 Å². The molecule has 0 bridgehead atoms. The van der Waals surface area contributed by atoms with Gasteiger partial charge in [0.2, 0.25) is 5.91 Å². The fourth-order valence-electron chi connectivity index (χ4n) is 4.00. The van der Waals surface area contributed by atoms with Crippen molar-refractivity contribution in [2.45, 2.75) is 49.7 Å². The largest absolute Gasteiger partial charge is 0.308 e. The fraction of sp³-hybridized carbons (Fsp3) is 0.375. The van der Waals surface area contributed by atoms with Gasteiger partial charge in [-0.2, -0.15) is 0 Å².